The Bertz CT molecular complexity index is 1060. The van der Waals surface area contributed by atoms with Crippen LogP contribution in [0.25, 0.3) is 0 Å². The first-order chi connectivity index (χ1) is 13.8. The highest BCUT2D eigenvalue weighted by Crippen LogP contribution is 2.43. The molecule has 2 fully saturated rings. The fourth-order valence-corrected chi connectivity index (χ4v) is 5.95. The van der Waals surface area contributed by atoms with Crippen molar-refractivity contribution in [3.63, 3.8) is 0 Å². The van der Waals surface area contributed by atoms with E-state index in [4.69, 9.17) is 5.10 Å². The van der Waals surface area contributed by atoms with Crippen LogP contribution in [-0.2, 0) is 27.4 Å². The minimum atomic E-state index is -3.62. The number of anilines is 1. The molecule has 1 amide bonds. The molecule has 2 aromatic heterocycles. The van der Waals surface area contributed by atoms with Gasteiger partial charge >= 0.3 is 0 Å². The standard InChI is InChI=1S/C19H26N6O3S/c1-14-9-17-24(11-15-3-4-15)18(26)10-19(25(17)21-14)5-7-23(8-6-19)29(27,28)16-12-22(2)13-20-16/h9,12-13,15H,3-8,10-11H2,1-2H3. The summed E-state index contributed by atoms with van der Waals surface area (Å²) in [5, 5.41) is 4.80. The number of hydrogen-bond acceptors (Lipinski definition) is 5. The summed E-state index contributed by atoms with van der Waals surface area (Å²) in [6.07, 6.45) is 6.89. The van der Waals surface area contributed by atoms with Crippen molar-refractivity contribution in [2.75, 3.05) is 24.5 Å². The zero-order chi connectivity index (χ0) is 20.4. The van der Waals surface area contributed by atoms with Gasteiger partial charge in [0.1, 0.15) is 5.82 Å². The number of rotatable bonds is 4. The Morgan fingerprint density at radius 2 is 1.97 bits per heavy atom. The van der Waals surface area contributed by atoms with Gasteiger partial charge in [-0.3, -0.25) is 9.69 Å². The third kappa shape index (κ3) is 3.09. The second-order valence-electron chi connectivity index (χ2n) is 8.69. The van der Waals surface area contributed by atoms with Crippen LogP contribution in [0.5, 0.6) is 0 Å². The Morgan fingerprint density at radius 3 is 2.59 bits per heavy atom. The van der Waals surface area contributed by atoms with E-state index >= 15 is 0 Å². The third-order valence-corrected chi connectivity index (χ3v) is 8.18. The van der Waals surface area contributed by atoms with Crippen molar-refractivity contribution in [2.45, 2.75) is 49.6 Å². The maximum Gasteiger partial charge on any atom is 0.262 e. The Balaban J connectivity index is 1.41. The lowest BCUT2D eigenvalue weighted by Gasteiger charge is -2.46. The molecule has 4 heterocycles. The van der Waals surface area contributed by atoms with Gasteiger partial charge in [0.05, 0.1) is 24.0 Å². The molecule has 1 spiro atoms. The van der Waals surface area contributed by atoms with E-state index in [2.05, 4.69) is 4.98 Å². The van der Waals surface area contributed by atoms with Gasteiger partial charge in [-0.15, -0.1) is 0 Å². The maximum absolute atomic E-state index is 13.0. The van der Waals surface area contributed by atoms with E-state index in [0.29, 0.717) is 38.3 Å². The zero-order valence-corrected chi connectivity index (χ0v) is 17.6. The van der Waals surface area contributed by atoms with Crippen molar-refractivity contribution < 1.29 is 13.2 Å². The van der Waals surface area contributed by atoms with Gasteiger partial charge in [0.2, 0.25) is 5.91 Å². The molecule has 0 N–H and O–H groups in total. The maximum atomic E-state index is 13.0. The summed E-state index contributed by atoms with van der Waals surface area (Å²) >= 11 is 0. The van der Waals surface area contributed by atoms with Gasteiger partial charge in [0, 0.05) is 38.9 Å². The summed E-state index contributed by atoms with van der Waals surface area (Å²) < 4.78 is 31.0. The van der Waals surface area contributed by atoms with Crippen molar-refractivity contribution in [2.24, 2.45) is 13.0 Å². The molecule has 1 saturated carbocycles. The van der Waals surface area contributed by atoms with Gasteiger partial charge in [-0.05, 0) is 38.5 Å². The SMILES string of the molecule is Cc1cc2n(n1)C1(CCN(S(=O)(=O)c3cn(C)cn3)CC1)CC(=O)N2CC1CC1. The number of aryl methyl sites for hydroxylation is 2. The highest BCUT2D eigenvalue weighted by atomic mass is 32.2. The average molecular weight is 419 g/mol. The number of sulfonamides is 1. The van der Waals surface area contributed by atoms with Crippen molar-refractivity contribution in [1.82, 2.24) is 23.6 Å². The van der Waals surface area contributed by atoms with Crippen LogP contribution in [0.4, 0.5) is 5.82 Å². The number of piperidine rings is 1. The molecule has 5 rings (SSSR count). The van der Waals surface area contributed by atoms with Crippen LogP contribution >= 0.6 is 0 Å². The number of imidazole rings is 1. The second-order valence-corrected chi connectivity index (χ2v) is 10.6. The van der Waals surface area contributed by atoms with Gasteiger partial charge in [0.25, 0.3) is 10.0 Å². The normalized spacial score (nSPS) is 22.3. The van der Waals surface area contributed by atoms with Crippen molar-refractivity contribution in [3.05, 3.63) is 24.3 Å². The fraction of sp³-hybridized carbons (Fsp3) is 0.632. The minimum absolute atomic E-state index is 0.0712. The number of nitrogens with zero attached hydrogens (tertiary/aromatic N) is 6. The summed E-state index contributed by atoms with van der Waals surface area (Å²) in [5.41, 5.74) is 0.440. The first kappa shape index (κ1) is 18.8. The molecule has 10 heteroatoms. The molecular weight excluding hydrogens is 392 g/mol. The quantitative estimate of drug-likeness (QED) is 0.745. The smallest absolute Gasteiger partial charge is 0.262 e. The second kappa shape index (κ2) is 6.40. The first-order valence-electron chi connectivity index (χ1n) is 10.1. The van der Waals surface area contributed by atoms with Crippen molar-refractivity contribution >= 4 is 21.7 Å². The molecule has 3 aliphatic rings. The van der Waals surface area contributed by atoms with Gasteiger partial charge in [0.15, 0.2) is 5.03 Å². The molecule has 1 saturated heterocycles. The zero-order valence-electron chi connectivity index (χ0n) is 16.8. The lowest BCUT2D eigenvalue weighted by molar-refractivity contribution is -0.122. The largest absolute Gasteiger partial charge is 0.339 e. The molecule has 0 bridgehead atoms. The highest BCUT2D eigenvalue weighted by Gasteiger charge is 2.48. The Labute approximate surface area is 170 Å². The van der Waals surface area contributed by atoms with E-state index < -0.39 is 15.6 Å². The number of aromatic nitrogens is 4. The summed E-state index contributed by atoms with van der Waals surface area (Å²) in [7, 11) is -1.87. The predicted molar refractivity (Wildman–Crippen MR) is 106 cm³/mol. The molecule has 0 unspecified atom stereocenters. The van der Waals surface area contributed by atoms with Gasteiger partial charge in [-0.2, -0.15) is 9.40 Å². The van der Waals surface area contributed by atoms with E-state index in [9.17, 15) is 13.2 Å². The first-order valence-corrected chi connectivity index (χ1v) is 11.6. The molecule has 0 aromatic carbocycles. The highest BCUT2D eigenvalue weighted by molar-refractivity contribution is 7.89. The van der Waals surface area contributed by atoms with Crippen molar-refractivity contribution in [1.29, 1.82) is 0 Å². The fourth-order valence-electron chi connectivity index (χ4n) is 4.55. The minimum Gasteiger partial charge on any atom is -0.339 e. The summed E-state index contributed by atoms with van der Waals surface area (Å²) in [4.78, 5) is 19.0. The van der Waals surface area contributed by atoms with Crippen LogP contribution in [0.1, 0.15) is 37.8 Å². The molecule has 9 nitrogen and oxygen atoms in total. The van der Waals surface area contributed by atoms with E-state index in [-0.39, 0.29) is 10.9 Å². The molecule has 29 heavy (non-hydrogen) atoms. The number of amides is 1. The molecular formula is C19H26N6O3S. The number of fused-ring (bicyclic) bond motifs is 2. The van der Waals surface area contributed by atoms with E-state index in [0.717, 1.165) is 18.1 Å². The van der Waals surface area contributed by atoms with Crippen molar-refractivity contribution in [3.8, 4) is 0 Å². The van der Waals surface area contributed by atoms with Gasteiger partial charge < -0.3 is 4.57 Å². The van der Waals surface area contributed by atoms with Crippen LogP contribution in [0.2, 0.25) is 0 Å². The summed E-state index contributed by atoms with van der Waals surface area (Å²) in [6.45, 7) is 3.42. The van der Waals surface area contributed by atoms with Crippen LogP contribution < -0.4 is 4.90 Å². The number of carbonyl (C=O) groups is 1. The van der Waals surface area contributed by atoms with E-state index in [1.807, 2.05) is 22.6 Å². The molecule has 2 aromatic rings. The number of hydrogen-bond donors (Lipinski definition) is 0. The van der Waals surface area contributed by atoms with E-state index in [1.165, 1.54) is 29.7 Å². The van der Waals surface area contributed by atoms with Gasteiger partial charge in [-0.25, -0.2) is 18.1 Å². The van der Waals surface area contributed by atoms with Crippen LogP contribution in [0, 0.1) is 12.8 Å². The molecule has 0 atom stereocenters. The summed E-state index contributed by atoms with van der Waals surface area (Å²) in [5.74, 6) is 1.60. The Kier molecular flexibility index (Phi) is 4.15. The molecule has 1 aliphatic carbocycles. The molecule has 156 valence electrons. The lowest BCUT2D eigenvalue weighted by Crippen LogP contribution is -2.55. The monoisotopic (exact) mass is 418 g/mol. The Hall–Kier alpha value is -2.20. The number of carbonyl (C=O) groups excluding carboxylic acids is 1. The lowest BCUT2D eigenvalue weighted by atomic mass is 9.83. The van der Waals surface area contributed by atoms with Crippen LogP contribution in [0.3, 0.4) is 0 Å². The van der Waals surface area contributed by atoms with Gasteiger partial charge in [-0.1, -0.05) is 0 Å². The topological polar surface area (TPSA) is 93.3 Å². The Morgan fingerprint density at radius 1 is 1.24 bits per heavy atom. The summed E-state index contributed by atoms with van der Waals surface area (Å²) in [6, 6.07) is 1.98. The molecule has 2 aliphatic heterocycles. The molecule has 0 radical (unpaired) electrons. The third-order valence-electron chi connectivity index (χ3n) is 6.40. The van der Waals surface area contributed by atoms with Crippen LogP contribution in [-0.4, -0.2) is 57.6 Å². The average Bonchev–Trinajstić information content (AvgIpc) is 3.24. The van der Waals surface area contributed by atoms with Crippen LogP contribution in [0.15, 0.2) is 23.6 Å². The predicted octanol–water partition coefficient (Wildman–Crippen LogP) is 1.25. The van der Waals surface area contributed by atoms with E-state index in [1.54, 1.807) is 11.6 Å².